The third kappa shape index (κ3) is 5.86. The quantitative estimate of drug-likeness (QED) is 0.320. The zero-order valence-electron chi connectivity index (χ0n) is 18.9. The zero-order valence-corrected chi connectivity index (χ0v) is 19.7. The van der Waals surface area contributed by atoms with E-state index in [9.17, 15) is 22.0 Å². The van der Waals surface area contributed by atoms with E-state index < -0.39 is 18.5 Å². The van der Waals surface area contributed by atoms with E-state index in [2.05, 4.69) is 10.6 Å². The summed E-state index contributed by atoms with van der Waals surface area (Å²) in [6, 6.07) is 6.21. The van der Waals surface area contributed by atoms with Crippen molar-refractivity contribution in [1.82, 2.24) is 5.32 Å². The molecule has 0 spiro atoms. The summed E-state index contributed by atoms with van der Waals surface area (Å²) in [4.78, 5) is 0.844. The number of thioether (sulfide) groups is 1. The molecular formula is C24H27BF5N2S. The van der Waals surface area contributed by atoms with Crippen LogP contribution in [0.3, 0.4) is 0 Å². The molecule has 0 fully saturated rings. The summed E-state index contributed by atoms with van der Waals surface area (Å²) >= 11 is 1.11. The first-order chi connectivity index (χ1) is 15.5. The van der Waals surface area contributed by atoms with Crippen LogP contribution >= 0.6 is 11.8 Å². The van der Waals surface area contributed by atoms with Crippen molar-refractivity contribution in [2.75, 3.05) is 5.32 Å². The molecule has 2 aliphatic rings. The smallest absolute Gasteiger partial charge is 0.360 e. The monoisotopic (exact) mass is 481 g/mol. The Labute approximate surface area is 196 Å². The van der Waals surface area contributed by atoms with Gasteiger partial charge < -0.3 is 10.6 Å². The lowest BCUT2D eigenvalue weighted by Gasteiger charge is -2.31. The molecule has 177 valence electrons. The molecule has 1 heterocycles. The topological polar surface area (TPSA) is 24.1 Å². The van der Waals surface area contributed by atoms with E-state index in [0.29, 0.717) is 12.1 Å². The van der Waals surface area contributed by atoms with E-state index in [0.717, 1.165) is 40.6 Å². The molecule has 2 unspecified atom stereocenters. The molecular weight excluding hydrogens is 454 g/mol. The van der Waals surface area contributed by atoms with Gasteiger partial charge in [0, 0.05) is 22.5 Å². The normalized spacial score (nSPS) is 24.2. The van der Waals surface area contributed by atoms with E-state index in [1.54, 1.807) is 12.1 Å². The number of nitrogens with one attached hydrogen (secondary N) is 2. The fraction of sp³-hybridized carbons (Fsp3) is 0.417. The van der Waals surface area contributed by atoms with Gasteiger partial charge in [0.15, 0.2) is 0 Å². The van der Waals surface area contributed by atoms with Gasteiger partial charge in [-0.2, -0.15) is 13.2 Å². The molecule has 1 aromatic carbocycles. The summed E-state index contributed by atoms with van der Waals surface area (Å²) in [6.45, 7) is 7.11. The standard InChI is InChI=1S/C24H27BF5N2S/c1-13-6-5-7-18(32-17-10-8-16(9-11-17)14(2)24(28,29)30)20(15(3)25-4)21-22(13)33-19(12-31-21)23(26)27/h5,7-15,23,31-32H,6H2,1-4H3/b7-5+,20-18+/t13?,14-,15?/m0/s1. The highest BCUT2D eigenvalue weighted by Gasteiger charge is 2.37. The van der Waals surface area contributed by atoms with E-state index in [4.69, 9.17) is 0 Å². The second kappa shape index (κ2) is 10.4. The average Bonchev–Trinajstić information content (AvgIpc) is 2.77. The molecule has 3 rings (SSSR count). The van der Waals surface area contributed by atoms with E-state index >= 15 is 0 Å². The van der Waals surface area contributed by atoms with Crippen LogP contribution in [0, 0.1) is 5.92 Å². The van der Waals surface area contributed by atoms with E-state index in [1.165, 1.54) is 18.3 Å². The molecule has 2 N–H and O–H groups in total. The van der Waals surface area contributed by atoms with Crippen molar-refractivity contribution in [1.29, 1.82) is 0 Å². The minimum atomic E-state index is -4.30. The van der Waals surface area contributed by atoms with Gasteiger partial charge in [-0.1, -0.05) is 50.6 Å². The lowest BCUT2D eigenvalue weighted by Crippen LogP contribution is -2.24. The number of alkyl halides is 5. The van der Waals surface area contributed by atoms with Crippen LogP contribution < -0.4 is 10.6 Å². The van der Waals surface area contributed by atoms with Crippen LogP contribution in [-0.4, -0.2) is 19.9 Å². The van der Waals surface area contributed by atoms with Crippen molar-refractivity contribution in [3.63, 3.8) is 0 Å². The third-order valence-electron chi connectivity index (χ3n) is 5.97. The number of hydrogen-bond donors (Lipinski definition) is 2. The van der Waals surface area contributed by atoms with Gasteiger partial charge in [-0.25, -0.2) is 8.78 Å². The molecule has 1 aliphatic carbocycles. The van der Waals surface area contributed by atoms with Crippen LogP contribution in [0.4, 0.5) is 27.6 Å². The van der Waals surface area contributed by atoms with Gasteiger partial charge in [-0.05, 0) is 54.4 Å². The molecule has 1 radical (unpaired) electrons. The molecule has 2 nitrogen and oxygen atoms in total. The van der Waals surface area contributed by atoms with Crippen molar-refractivity contribution in [3.8, 4) is 0 Å². The summed E-state index contributed by atoms with van der Waals surface area (Å²) in [5, 5.41) is 6.45. The molecule has 0 saturated heterocycles. The van der Waals surface area contributed by atoms with Crippen molar-refractivity contribution < 1.29 is 22.0 Å². The van der Waals surface area contributed by atoms with E-state index in [-0.39, 0.29) is 22.2 Å². The fourth-order valence-electron chi connectivity index (χ4n) is 3.76. The second-order valence-corrected chi connectivity index (χ2v) is 9.45. The SMILES string of the molecule is C[B]C(C)/C1=C(Nc2ccc([C@H](C)C(F)(F)F)cc2)/C=C/CC(C)C2=C1NC=C(C(F)F)S2. The Bertz CT molecular complexity index is 980. The zero-order chi connectivity index (χ0) is 24.3. The van der Waals surface area contributed by atoms with Crippen LogP contribution in [0.15, 0.2) is 69.4 Å². The number of allylic oxidation sites excluding steroid dienone is 5. The Morgan fingerprint density at radius 3 is 2.39 bits per heavy atom. The second-order valence-electron chi connectivity index (χ2n) is 8.33. The van der Waals surface area contributed by atoms with Gasteiger partial charge in [0.2, 0.25) is 0 Å². The third-order valence-corrected chi connectivity index (χ3v) is 7.32. The summed E-state index contributed by atoms with van der Waals surface area (Å²) in [6.07, 6.45) is -0.856. The summed E-state index contributed by atoms with van der Waals surface area (Å²) in [7, 11) is 2.02. The van der Waals surface area contributed by atoms with Gasteiger partial charge in [-0.3, -0.25) is 0 Å². The predicted octanol–water partition coefficient (Wildman–Crippen LogP) is 7.83. The first-order valence-electron chi connectivity index (χ1n) is 10.8. The Morgan fingerprint density at radius 1 is 1.15 bits per heavy atom. The molecule has 9 heteroatoms. The van der Waals surface area contributed by atoms with Crippen LogP contribution in [0.25, 0.3) is 0 Å². The van der Waals surface area contributed by atoms with Gasteiger partial charge in [0.25, 0.3) is 6.43 Å². The van der Waals surface area contributed by atoms with Crippen molar-refractivity contribution in [3.05, 3.63) is 75.0 Å². The highest BCUT2D eigenvalue weighted by molar-refractivity contribution is 8.06. The maximum absolute atomic E-state index is 13.4. The number of benzene rings is 1. The molecule has 1 aromatic rings. The highest BCUT2D eigenvalue weighted by atomic mass is 32.2. The van der Waals surface area contributed by atoms with Crippen molar-refractivity contribution >= 4 is 24.7 Å². The number of halogens is 5. The van der Waals surface area contributed by atoms with Gasteiger partial charge in [-0.15, -0.1) is 0 Å². The van der Waals surface area contributed by atoms with E-state index in [1.807, 2.05) is 40.1 Å². The van der Waals surface area contributed by atoms with Crippen LogP contribution in [0.5, 0.6) is 0 Å². The largest absolute Gasteiger partial charge is 0.395 e. The van der Waals surface area contributed by atoms with Gasteiger partial charge >= 0.3 is 6.18 Å². The minimum absolute atomic E-state index is 0.00780. The van der Waals surface area contributed by atoms with Crippen molar-refractivity contribution in [2.24, 2.45) is 5.92 Å². The molecule has 3 atom stereocenters. The molecule has 0 aromatic heterocycles. The Balaban J connectivity index is 2.01. The average molecular weight is 481 g/mol. The summed E-state index contributed by atoms with van der Waals surface area (Å²) < 4.78 is 65.9. The number of rotatable bonds is 6. The number of anilines is 1. The Kier molecular flexibility index (Phi) is 8.03. The van der Waals surface area contributed by atoms with Crippen LogP contribution in [-0.2, 0) is 0 Å². The minimum Gasteiger partial charge on any atom is -0.360 e. The molecule has 1 aliphatic heterocycles. The summed E-state index contributed by atoms with van der Waals surface area (Å²) in [5.41, 5.74) is 3.34. The molecule has 33 heavy (non-hydrogen) atoms. The van der Waals surface area contributed by atoms with Gasteiger partial charge in [0.1, 0.15) is 7.28 Å². The van der Waals surface area contributed by atoms with Crippen molar-refractivity contribution in [2.45, 2.75) is 58.4 Å². The molecule has 0 saturated carbocycles. The Morgan fingerprint density at radius 2 is 1.82 bits per heavy atom. The molecule has 0 bridgehead atoms. The molecule has 0 amide bonds. The lowest BCUT2D eigenvalue weighted by molar-refractivity contribution is -0.146. The lowest BCUT2D eigenvalue weighted by atomic mass is 9.63. The van der Waals surface area contributed by atoms with Crippen LogP contribution in [0.1, 0.15) is 38.7 Å². The predicted molar refractivity (Wildman–Crippen MR) is 127 cm³/mol. The maximum atomic E-state index is 13.4. The van der Waals surface area contributed by atoms with Crippen LogP contribution in [0.2, 0.25) is 12.6 Å². The fourth-order valence-corrected chi connectivity index (χ4v) is 4.79. The Hall–Kier alpha value is -2.16. The highest BCUT2D eigenvalue weighted by Crippen LogP contribution is 2.45. The number of hydrogen-bond acceptors (Lipinski definition) is 3. The maximum Gasteiger partial charge on any atom is 0.395 e. The first-order valence-corrected chi connectivity index (χ1v) is 11.7. The summed E-state index contributed by atoms with van der Waals surface area (Å²) in [5.74, 6) is -1.50. The first kappa shape index (κ1) is 25.5. The van der Waals surface area contributed by atoms with Gasteiger partial charge in [0.05, 0.1) is 16.5 Å².